The second-order valence-electron chi connectivity index (χ2n) is 3.94. The molecule has 0 heterocycles. The Morgan fingerprint density at radius 1 is 1.00 bits per heavy atom. The highest BCUT2D eigenvalue weighted by Crippen LogP contribution is 2.32. The minimum atomic E-state index is -4.40. The lowest BCUT2D eigenvalue weighted by molar-refractivity contribution is -0.138. The third kappa shape index (κ3) is 3.40. The lowest BCUT2D eigenvalue weighted by Gasteiger charge is -2.13. The van der Waals surface area contributed by atoms with Crippen molar-refractivity contribution in [2.24, 2.45) is 0 Å². The maximum Gasteiger partial charge on any atom is 0.416 e. The molecule has 0 aliphatic carbocycles. The number of alkyl halides is 3. The predicted octanol–water partition coefficient (Wildman–Crippen LogP) is 3.99. The van der Waals surface area contributed by atoms with Crippen LogP contribution in [-0.2, 0) is 12.8 Å². The van der Waals surface area contributed by atoms with E-state index in [1.807, 2.05) is 0 Å². The monoisotopic (exact) mass is 268 g/mol. The molecule has 0 aromatic heterocycles. The Kier molecular flexibility index (Phi) is 3.64. The first kappa shape index (κ1) is 13.3. The molecule has 0 atom stereocenters. The first-order chi connectivity index (χ1) is 8.97. The fourth-order valence-electron chi connectivity index (χ4n) is 1.66. The molecule has 0 spiro atoms. The van der Waals surface area contributed by atoms with E-state index in [1.54, 1.807) is 12.1 Å². The van der Waals surface area contributed by atoms with E-state index in [-0.39, 0.29) is 17.9 Å². The number of benzene rings is 2. The van der Waals surface area contributed by atoms with E-state index < -0.39 is 11.7 Å². The smallest absolute Gasteiger partial charge is 0.416 e. The molecular formula is C14H11F3O2. The highest BCUT2D eigenvalue weighted by Gasteiger charge is 2.32. The van der Waals surface area contributed by atoms with E-state index in [0.29, 0.717) is 5.75 Å². The molecule has 0 fully saturated rings. The summed E-state index contributed by atoms with van der Waals surface area (Å²) in [5.41, 5.74) is -0.659. The van der Waals surface area contributed by atoms with Gasteiger partial charge in [-0.1, -0.05) is 24.3 Å². The Morgan fingerprint density at radius 3 is 2.42 bits per heavy atom. The van der Waals surface area contributed by atoms with Crippen molar-refractivity contribution in [3.8, 4) is 11.5 Å². The van der Waals surface area contributed by atoms with E-state index in [4.69, 9.17) is 4.74 Å². The zero-order chi connectivity index (χ0) is 13.9. The van der Waals surface area contributed by atoms with Gasteiger partial charge in [-0.25, -0.2) is 0 Å². The van der Waals surface area contributed by atoms with Gasteiger partial charge in [0.15, 0.2) is 0 Å². The molecule has 2 nitrogen and oxygen atoms in total. The van der Waals surface area contributed by atoms with Gasteiger partial charge in [-0.2, -0.15) is 13.2 Å². The fraction of sp³-hybridized carbons (Fsp3) is 0.143. The highest BCUT2D eigenvalue weighted by molar-refractivity contribution is 5.33. The molecule has 5 heteroatoms. The van der Waals surface area contributed by atoms with E-state index in [0.717, 1.165) is 6.07 Å². The summed E-state index contributed by atoms with van der Waals surface area (Å²) in [6, 6.07) is 11.2. The first-order valence-electron chi connectivity index (χ1n) is 5.54. The molecule has 0 unspecified atom stereocenters. The summed E-state index contributed by atoms with van der Waals surface area (Å²) in [5.74, 6) is 0.318. The molecule has 0 amide bonds. The van der Waals surface area contributed by atoms with Gasteiger partial charge in [-0.05, 0) is 18.2 Å². The molecule has 0 aliphatic heterocycles. The van der Waals surface area contributed by atoms with Crippen LogP contribution >= 0.6 is 0 Å². The van der Waals surface area contributed by atoms with Crippen molar-refractivity contribution >= 4 is 0 Å². The molecule has 2 rings (SSSR count). The van der Waals surface area contributed by atoms with Crippen molar-refractivity contribution < 1.29 is 23.0 Å². The second kappa shape index (κ2) is 5.22. The Hall–Kier alpha value is -2.17. The number of aromatic hydroxyl groups is 1. The summed E-state index contributed by atoms with van der Waals surface area (Å²) in [7, 11) is 0. The van der Waals surface area contributed by atoms with Crippen LogP contribution in [0, 0.1) is 0 Å². The number of rotatable bonds is 3. The minimum Gasteiger partial charge on any atom is -0.508 e. The predicted molar refractivity (Wildman–Crippen MR) is 63.9 cm³/mol. The van der Waals surface area contributed by atoms with Crippen LogP contribution in [0.4, 0.5) is 13.2 Å². The van der Waals surface area contributed by atoms with Gasteiger partial charge in [0.1, 0.15) is 18.1 Å². The highest BCUT2D eigenvalue weighted by atomic mass is 19.4. The van der Waals surface area contributed by atoms with Gasteiger partial charge in [0, 0.05) is 11.6 Å². The van der Waals surface area contributed by atoms with E-state index >= 15 is 0 Å². The lowest BCUT2D eigenvalue weighted by atomic mass is 10.1. The molecule has 0 saturated heterocycles. The van der Waals surface area contributed by atoms with Crippen LogP contribution in [0.1, 0.15) is 11.1 Å². The third-order valence-corrected chi connectivity index (χ3v) is 2.53. The number of hydrogen-bond acceptors (Lipinski definition) is 2. The Bertz CT molecular complexity index is 565. The summed E-state index contributed by atoms with van der Waals surface area (Å²) in [6.45, 7) is -0.209. The molecule has 1 N–H and O–H groups in total. The van der Waals surface area contributed by atoms with E-state index in [1.165, 1.54) is 30.3 Å². The quantitative estimate of drug-likeness (QED) is 0.912. The molecule has 100 valence electrons. The Morgan fingerprint density at radius 2 is 1.74 bits per heavy atom. The standard InChI is InChI=1S/C14H11F3O2/c15-14(16,17)13-7-2-1-4-10(13)9-19-12-6-3-5-11(18)8-12/h1-8,18H,9H2. The van der Waals surface area contributed by atoms with Crippen molar-refractivity contribution in [1.29, 1.82) is 0 Å². The van der Waals surface area contributed by atoms with Gasteiger partial charge >= 0.3 is 6.18 Å². The summed E-state index contributed by atoms with van der Waals surface area (Å²) < 4.78 is 43.5. The van der Waals surface area contributed by atoms with Crippen LogP contribution in [0.25, 0.3) is 0 Å². The fourth-order valence-corrected chi connectivity index (χ4v) is 1.66. The van der Waals surface area contributed by atoms with E-state index in [9.17, 15) is 18.3 Å². The second-order valence-corrected chi connectivity index (χ2v) is 3.94. The van der Waals surface area contributed by atoms with Gasteiger partial charge in [-0.3, -0.25) is 0 Å². The van der Waals surface area contributed by atoms with Crippen LogP contribution < -0.4 is 4.74 Å². The van der Waals surface area contributed by atoms with Gasteiger partial charge in [0.05, 0.1) is 5.56 Å². The normalized spacial score (nSPS) is 11.3. The van der Waals surface area contributed by atoms with Crippen LogP contribution in [0.2, 0.25) is 0 Å². The number of ether oxygens (including phenoxy) is 1. The molecule has 2 aromatic rings. The van der Waals surface area contributed by atoms with Gasteiger partial charge in [0.2, 0.25) is 0 Å². The van der Waals surface area contributed by atoms with Crippen molar-refractivity contribution in [2.75, 3.05) is 0 Å². The number of phenols is 1. The van der Waals surface area contributed by atoms with Crippen molar-refractivity contribution in [3.05, 3.63) is 59.7 Å². The average molecular weight is 268 g/mol. The first-order valence-corrected chi connectivity index (χ1v) is 5.54. The minimum absolute atomic E-state index is 0.00149. The molecule has 0 aliphatic rings. The van der Waals surface area contributed by atoms with Crippen LogP contribution in [-0.4, -0.2) is 5.11 Å². The lowest BCUT2D eigenvalue weighted by Crippen LogP contribution is -2.10. The molecular weight excluding hydrogens is 257 g/mol. The SMILES string of the molecule is Oc1cccc(OCc2ccccc2C(F)(F)F)c1. The Balaban J connectivity index is 2.16. The number of hydrogen-bond donors (Lipinski definition) is 1. The van der Waals surface area contributed by atoms with Crippen LogP contribution in [0.3, 0.4) is 0 Å². The number of phenolic OH excluding ortho intramolecular Hbond substituents is 1. The maximum absolute atomic E-state index is 12.7. The maximum atomic E-state index is 12.7. The number of halogens is 3. The van der Waals surface area contributed by atoms with Crippen LogP contribution in [0.15, 0.2) is 48.5 Å². The zero-order valence-corrected chi connectivity index (χ0v) is 9.82. The van der Waals surface area contributed by atoms with Crippen molar-refractivity contribution in [2.45, 2.75) is 12.8 Å². The van der Waals surface area contributed by atoms with Gasteiger partial charge in [0.25, 0.3) is 0 Å². The summed E-state index contributed by atoms with van der Waals surface area (Å²) >= 11 is 0. The van der Waals surface area contributed by atoms with Gasteiger partial charge in [-0.15, -0.1) is 0 Å². The zero-order valence-electron chi connectivity index (χ0n) is 9.82. The van der Waals surface area contributed by atoms with Gasteiger partial charge < -0.3 is 9.84 Å². The topological polar surface area (TPSA) is 29.5 Å². The van der Waals surface area contributed by atoms with Crippen molar-refractivity contribution in [1.82, 2.24) is 0 Å². The molecule has 0 radical (unpaired) electrons. The average Bonchev–Trinajstić information content (AvgIpc) is 2.36. The molecule has 19 heavy (non-hydrogen) atoms. The largest absolute Gasteiger partial charge is 0.508 e. The van der Waals surface area contributed by atoms with Crippen LogP contribution in [0.5, 0.6) is 11.5 Å². The summed E-state index contributed by atoms with van der Waals surface area (Å²) in [4.78, 5) is 0. The molecule has 0 saturated carbocycles. The summed E-state index contributed by atoms with van der Waals surface area (Å²) in [5, 5.41) is 9.23. The van der Waals surface area contributed by atoms with Crippen molar-refractivity contribution in [3.63, 3.8) is 0 Å². The van der Waals surface area contributed by atoms with E-state index in [2.05, 4.69) is 0 Å². The third-order valence-electron chi connectivity index (χ3n) is 2.53. The Labute approximate surface area is 108 Å². The summed E-state index contributed by atoms with van der Waals surface area (Å²) in [6.07, 6.45) is -4.40. The molecule has 2 aromatic carbocycles. The molecule has 0 bridgehead atoms.